The van der Waals surface area contributed by atoms with Gasteiger partial charge in [-0.25, -0.2) is 0 Å². The molecule has 1 aromatic rings. The maximum Gasteiger partial charge on any atom is 0.263 e. The van der Waals surface area contributed by atoms with Gasteiger partial charge in [-0.05, 0) is 37.9 Å². The van der Waals surface area contributed by atoms with Crippen LogP contribution in [0.3, 0.4) is 0 Å². The van der Waals surface area contributed by atoms with Crippen molar-refractivity contribution in [3.63, 3.8) is 0 Å². The zero-order valence-corrected chi connectivity index (χ0v) is 12.8. The summed E-state index contributed by atoms with van der Waals surface area (Å²) in [5.41, 5.74) is 5.63. The van der Waals surface area contributed by atoms with Crippen LogP contribution in [0.15, 0.2) is 18.2 Å². The van der Waals surface area contributed by atoms with Crippen molar-refractivity contribution in [1.29, 1.82) is 0 Å². The van der Waals surface area contributed by atoms with Gasteiger partial charge in [0.05, 0.1) is 5.02 Å². The number of halogens is 2. The Morgan fingerprint density at radius 1 is 1.55 bits per heavy atom. The van der Waals surface area contributed by atoms with E-state index >= 15 is 0 Å². The van der Waals surface area contributed by atoms with Crippen LogP contribution in [0.25, 0.3) is 0 Å². The molecule has 0 saturated carbocycles. The third-order valence-corrected chi connectivity index (χ3v) is 4.30. The number of nitrogens with zero attached hydrogens (tertiary/aromatic N) is 1. The van der Waals surface area contributed by atoms with Crippen LogP contribution in [0.5, 0.6) is 5.75 Å². The smallest absolute Gasteiger partial charge is 0.263 e. The molecule has 20 heavy (non-hydrogen) atoms. The zero-order chi connectivity index (χ0) is 14.7. The molecule has 1 aliphatic heterocycles. The normalized spacial score (nSPS) is 20.0. The van der Waals surface area contributed by atoms with E-state index in [4.69, 9.17) is 33.7 Å². The van der Waals surface area contributed by atoms with Crippen molar-refractivity contribution in [1.82, 2.24) is 4.90 Å². The first-order chi connectivity index (χ1) is 9.52. The van der Waals surface area contributed by atoms with Crippen LogP contribution >= 0.6 is 23.2 Å². The topological polar surface area (TPSA) is 55.6 Å². The first kappa shape index (κ1) is 15.4. The molecule has 1 amide bonds. The lowest BCUT2D eigenvalue weighted by molar-refractivity contribution is -0.136. The standard InChI is InChI=1S/C14H18Cl2N2O2/c1-9(14(19)18-6-5-10(7-17)8-18)20-12-4-2-3-11(15)13(12)16/h2-4,9-10H,5-8,17H2,1H3/t9-,10+/m1/s1. The van der Waals surface area contributed by atoms with E-state index in [2.05, 4.69) is 0 Å². The van der Waals surface area contributed by atoms with Crippen LogP contribution in [0.4, 0.5) is 0 Å². The van der Waals surface area contributed by atoms with Gasteiger partial charge < -0.3 is 15.4 Å². The van der Waals surface area contributed by atoms with Crippen LogP contribution in [0.1, 0.15) is 13.3 Å². The zero-order valence-electron chi connectivity index (χ0n) is 11.3. The van der Waals surface area contributed by atoms with Crippen LogP contribution in [0, 0.1) is 5.92 Å². The summed E-state index contributed by atoms with van der Waals surface area (Å²) in [5, 5.41) is 0.739. The fourth-order valence-electron chi connectivity index (χ4n) is 2.30. The fraction of sp³-hybridized carbons (Fsp3) is 0.500. The SMILES string of the molecule is C[C@@H](Oc1cccc(Cl)c1Cl)C(=O)N1CC[C@@H](CN)C1. The number of benzene rings is 1. The lowest BCUT2D eigenvalue weighted by Gasteiger charge is -2.22. The second-order valence-corrected chi connectivity index (χ2v) is 5.77. The minimum atomic E-state index is -0.595. The van der Waals surface area contributed by atoms with E-state index in [-0.39, 0.29) is 5.91 Å². The fourth-order valence-corrected chi connectivity index (χ4v) is 2.63. The molecular formula is C14H18Cl2N2O2. The molecule has 6 heteroatoms. The van der Waals surface area contributed by atoms with Crippen molar-refractivity contribution < 1.29 is 9.53 Å². The Morgan fingerprint density at radius 2 is 2.30 bits per heavy atom. The van der Waals surface area contributed by atoms with Crippen molar-refractivity contribution in [2.75, 3.05) is 19.6 Å². The van der Waals surface area contributed by atoms with Crippen molar-refractivity contribution >= 4 is 29.1 Å². The van der Waals surface area contributed by atoms with Gasteiger partial charge in [0.25, 0.3) is 5.91 Å². The second-order valence-electron chi connectivity index (χ2n) is 4.99. The minimum absolute atomic E-state index is 0.0445. The summed E-state index contributed by atoms with van der Waals surface area (Å²) in [6.45, 7) is 3.76. The molecule has 1 fully saturated rings. The van der Waals surface area contributed by atoms with Gasteiger partial charge in [-0.3, -0.25) is 4.79 Å². The van der Waals surface area contributed by atoms with E-state index in [0.29, 0.717) is 34.8 Å². The number of ether oxygens (including phenoxy) is 1. The monoisotopic (exact) mass is 316 g/mol. The largest absolute Gasteiger partial charge is 0.479 e. The van der Waals surface area contributed by atoms with Gasteiger partial charge in [-0.15, -0.1) is 0 Å². The predicted molar refractivity (Wildman–Crippen MR) is 80.3 cm³/mol. The molecule has 110 valence electrons. The van der Waals surface area contributed by atoms with E-state index in [9.17, 15) is 4.79 Å². The highest BCUT2D eigenvalue weighted by atomic mass is 35.5. The first-order valence-corrected chi connectivity index (χ1v) is 7.38. The number of rotatable bonds is 4. The second kappa shape index (κ2) is 6.66. The molecule has 1 saturated heterocycles. The van der Waals surface area contributed by atoms with Crippen molar-refractivity contribution in [2.45, 2.75) is 19.4 Å². The quantitative estimate of drug-likeness (QED) is 0.928. The highest BCUT2D eigenvalue weighted by Gasteiger charge is 2.29. The number of amides is 1. The maximum absolute atomic E-state index is 12.3. The van der Waals surface area contributed by atoms with Gasteiger partial charge in [0.15, 0.2) is 6.10 Å². The summed E-state index contributed by atoms with van der Waals surface area (Å²) in [7, 11) is 0. The van der Waals surface area contributed by atoms with Gasteiger partial charge in [-0.1, -0.05) is 29.3 Å². The number of carbonyl (C=O) groups is 1. The van der Waals surface area contributed by atoms with Gasteiger partial charge >= 0.3 is 0 Å². The summed E-state index contributed by atoms with van der Waals surface area (Å²) in [6.07, 6.45) is 0.356. The average Bonchev–Trinajstić information content (AvgIpc) is 2.91. The molecule has 2 N–H and O–H groups in total. The molecule has 0 spiro atoms. The lowest BCUT2D eigenvalue weighted by Crippen LogP contribution is -2.39. The Kier molecular flexibility index (Phi) is 5.13. The molecule has 0 unspecified atom stereocenters. The van der Waals surface area contributed by atoms with Gasteiger partial charge in [0.1, 0.15) is 10.8 Å². The minimum Gasteiger partial charge on any atom is -0.479 e. The van der Waals surface area contributed by atoms with E-state index in [0.717, 1.165) is 13.0 Å². The van der Waals surface area contributed by atoms with Gasteiger partial charge in [0, 0.05) is 13.1 Å². The molecule has 1 aromatic carbocycles. The van der Waals surface area contributed by atoms with E-state index in [1.54, 1.807) is 30.0 Å². The number of hydrogen-bond acceptors (Lipinski definition) is 3. The average molecular weight is 317 g/mol. The number of likely N-dealkylation sites (tertiary alicyclic amines) is 1. The van der Waals surface area contributed by atoms with Crippen LogP contribution in [-0.2, 0) is 4.79 Å². The Bertz CT molecular complexity index is 496. The Morgan fingerprint density at radius 3 is 2.95 bits per heavy atom. The van der Waals surface area contributed by atoms with E-state index in [1.165, 1.54) is 0 Å². The molecule has 0 aromatic heterocycles. The van der Waals surface area contributed by atoms with Crippen LogP contribution in [0.2, 0.25) is 10.0 Å². The highest BCUT2D eigenvalue weighted by Crippen LogP contribution is 2.32. The first-order valence-electron chi connectivity index (χ1n) is 6.62. The molecule has 0 bridgehead atoms. The summed E-state index contributed by atoms with van der Waals surface area (Å²) < 4.78 is 5.63. The van der Waals surface area contributed by atoms with Gasteiger partial charge in [-0.2, -0.15) is 0 Å². The Labute approximate surface area is 128 Å². The molecular weight excluding hydrogens is 299 g/mol. The molecule has 0 aliphatic carbocycles. The molecule has 4 nitrogen and oxygen atoms in total. The summed E-state index contributed by atoms with van der Waals surface area (Å²) >= 11 is 12.0. The van der Waals surface area contributed by atoms with E-state index < -0.39 is 6.10 Å². The third-order valence-electron chi connectivity index (χ3n) is 3.50. The van der Waals surface area contributed by atoms with Crippen LogP contribution < -0.4 is 10.5 Å². The lowest BCUT2D eigenvalue weighted by atomic mass is 10.1. The number of carbonyl (C=O) groups excluding carboxylic acids is 1. The summed E-state index contributed by atoms with van der Waals surface area (Å²) in [6, 6.07) is 5.11. The molecule has 2 atom stereocenters. The van der Waals surface area contributed by atoms with Crippen molar-refractivity contribution in [3.05, 3.63) is 28.2 Å². The third kappa shape index (κ3) is 3.37. The maximum atomic E-state index is 12.3. The highest BCUT2D eigenvalue weighted by molar-refractivity contribution is 6.42. The van der Waals surface area contributed by atoms with Crippen molar-refractivity contribution in [3.8, 4) is 5.75 Å². The molecule has 0 radical (unpaired) electrons. The Balaban J connectivity index is 1.99. The molecule has 2 rings (SSSR count). The molecule has 1 heterocycles. The predicted octanol–water partition coefficient (Wildman–Crippen LogP) is 2.57. The van der Waals surface area contributed by atoms with E-state index in [1.807, 2.05) is 0 Å². The van der Waals surface area contributed by atoms with Crippen molar-refractivity contribution in [2.24, 2.45) is 11.7 Å². The summed E-state index contributed by atoms with van der Waals surface area (Å²) in [4.78, 5) is 14.1. The molecule has 1 aliphatic rings. The number of hydrogen-bond donors (Lipinski definition) is 1. The van der Waals surface area contributed by atoms with Gasteiger partial charge in [0.2, 0.25) is 0 Å². The van der Waals surface area contributed by atoms with Crippen LogP contribution in [-0.4, -0.2) is 36.5 Å². The summed E-state index contributed by atoms with van der Waals surface area (Å²) in [5.74, 6) is 0.771. The Hall–Kier alpha value is -0.970. The number of nitrogens with two attached hydrogens (primary N) is 1.